The molecule has 0 fully saturated rings. The topological polar surface area (TPSA) is 50.5 Å². The van der Waals surface area contributed by atoms with E-state index in [4.69, 9.17) is 0 Å². The van der Waals surface area contributed by atoms with Crippen LogP contribution in [0.2, 0.25) is 0 Å². The lowest BCUT2D eigenvalue weighted by Crippen LogP contribution is -2.35. The normalized spacial score (nSPS) is 17.2. The lowest BCUT2D eigenvalue weighted by molar-refractivity contribution is 0.0983. The van der Waals surface area contributed by atoms with Crippen LogP contribution in [0.4, 0.5) is 5.69 Å². The van der Waals surface area contributed by atoms with E-state index < -0.39 is 0 Å². The number of aromatic nitrogens is 3. The number of carbonyl (C=O) groups is 1. The molecule has 5 nitrogen and oxygen atoms in total. The van der Waals surface area contributed by atoms with Gasteiger partial charge in [-0.25, -0.2) is 9.50 Å². The first-order chi connectivity index (χ1) is 10.3. The van der Waals surface area contributed by atoms with Crippen LogP contribution in [0.3, 0.4) is 0 Å². The van der Waals surface area contributed by atoms with Crippen molar-refractivity contribution in [2.24, 2.45) is 0 Å². The first-order valence-electron chi connectivity index (χ1n) is 6.95. The van der Waals surface area contributed by atoms with Gasteiger partial charge in [0.15, 0.2) is 5.65 Å². The van der Waals surface area contributed by atoms with Crippen molar-refractivity contribution in [3.8, 4) is 0 Å². The first kappa shape index (κ1) is 12.1. The lowest BCUT2D eigenvalue weighted by Gasteiger charge is -2.22. The van der Waals surface area contributed by atoms with Gasteiger partial charge in [0.2, 0.25) is 0 Å². The van der Waals surface area contributed by atoms with E-state index in [1.54, 1.807) is 29.2 Å². The highest BCUT2D eigenvalue weighted by Crippen LogP contribution is 2.33. The molecule has 0 saturated carbocycles. The predicted molar refractivity (Wildman–Crippen MR) is 79.4 cm³/mol. The van der Waals surface area contributed by atoms with Crippen molar-refractivity contribution >= 4 is 17.2 Å². The number of fused-ring (bicyclic) bond motifs is 2. The Morgan fingerprint density at radius 2 is 2.14 bits per heavy atom. The van der Waals surface area contributed by atoms with Crippen LogP contribution in [0, 0.1) is 0 Å². The summed E-state index contributed by atoms with van der Waals surface area (Å²) in [5.74, 6) is -0.0406. The predicted octanol–water partition coefficient (Wildman–Crippen LogP) is 2.32. The van der Waals surface area contributed by atoms with Crippen LogP contribution >= 0.6 is 0 Å². The second-order valence-electron chi connectivity index (χ2n) is 5.30. The molecule has 3 aromatic rings. The Kier molecular flexibility index (Phi) is 2.54. The number of hydrogen-bond donors (Lipinski definition) is 0. The fourth-order valence-corrected chi connectivity index (χ4v) is 2.98. The third kappa shape index (κ3) is 1.74. The Balaban J connectivity index is 1.82. The Morgan fingerprint density at radius 3 is 3.05 bits per heavy atom. The Hall–Kier alpha value is -2.69. The van der Waals surface area contributed by atoms with Crippen molar-refractivity contribution in [3.05, 3.63) is 60.0 Å². The molecule has 3 heterocycles. The standard InChI is InChI=1S/C16H14N4O/c1-11-9-12-5-2-3-6-14(12)20(11)16(21)13-10-18-19-8-4-7-17-15(13)19/h2-8,10-11H,9H2,1H3. The molecule has 1 aromatic carbocycles. The van der Waals surface area contributed by atoms with Crippen LogP contribution < -0.4 is 4.90 Å². The van der Waals surface area contributed by atoms with Gasteiger partial charge in [-0.05, 0) is 31.0 Å². The maximum absolute atomic E-state index is 12.9. The molecular weight excluding hydrogens is 264 g/mol. The smallest absolute Gasteiger partial charge is 0.264 e. The molecule has 1 amide bonds. The number of hydrogen-bond acceptors (Lipinski definition) is 3. The van der Waals surface area contributed by atoms with Crippen LogP contribution in [-0.4, -0.2) is 26.5 Å². The minimum atomic E-state index is -0.0406. The highest BCUT2D eigenvalue weighted by atomic mass is 16.2. The molecule has 104 valence electrons. The molecule has 1 unspecified atom stereocenters. The number of rotatable bonds is 1. The van der Waals surface area contributed by atoms with E-state index in [-0.39, 0.29) is 11.9 Å². The Morgan fingerprint density at radius 1 is 1.29 bits per heavy atom. The number of nitrogens with zero attached hydrogens (tertiary/aromatic N) is 4. The van der Waals surface area contributed by atoms with Crippen molar-refractivity contribution in [1.29, 1.82) is 0 Å². The Bertz CT molecular complexity index is 839. The second kappa shape index (κ2) is 4.41. The minimum absolute atomic E-state index is 0.0406. The van der Waals surface area contributed by atoms with Gasteiger partial charge in [0, 0.05) is 24.1 Å². The van der Waals surface area contributed by atoms with Crippen LogP contribution in [0.5, 0.6) is 0 Å². The van der Waals surface area contributed by atoms with Gasteiger partial charge in [-0.15, -0.1) is 0 Å². The van der Waals surface area contributed by atoms with E-state index in [9.17, 15) is 4.79 Å². The van der Waals surface area contributed by atoms with E-state index in [2.05, 4.69) is 23.1 Å². The highest BCUT2D eigenvalue weighted by molar-refractivity contribution is 6.11. The summed E-state index contributed by atoms with van der Waals surface area (Å²) in [6.45, 7) is 2.07. The SMILES string of the molecule is CC1Cc2ccccc2N1C(=O)c1cnn2cccnc12. The summed E-state index contributed by atoms with van der Waals surface area (Å²) in [7, 11) is 0. The van der Waals surface area contributed by atoms with E-state index in [0.29, 0.717) is 11.2 Å². The van der Waals surface area contributed by atoms with Crippen molar-refractivity contribution in [1.82, 2.24) is 14.6 Å². The van der Waals surface area contributed by atoms with E-state index in [1.807, 2.05) is 23.1 Å². The zero-order chi connectivity index (χ0) is 14.4. The molecule has 21 heavy (non-hydrogen) atoms. The quantitative estimate of drug-likeness (QED) is 0.686. The summed E-state index contributed by atoms with van der Waals surface area (Å²) in [5.41, 5.74) is 3.34. The molecule has 1 atom stereocenters. The third-order valence-electron chi connectivity index (χ3n) is 3.94. The highest BCUT2D eigenvalue weighted by Gasteiger charge is 2.32. The monoisotopic (exact) mass is 278 g/mol. The molecule has 0 saturated heterocycles. The van der Waals surface area contributed by atoms with Crippen LogP contribution in [0.25, 0.3) is 5.65 Å². The second-order valence-corrected chi connectivity index (χ2v) is 5.30. The molecule has 0 bridgehead atoms. The van der Waals surface area contributed by atoms with Gasteiger partial charge < -0.3 is 4.90 Å². The molecule has 2 aromatic heterocycles. The molecule has 5 heteroatoms. The number of carbonyl (C=O) groups excluding carboxylic acids is 1. The van der Waals surface area contributed by atoms with Crippen molar-refractivity contribution in [2.75, 3.05) is 4.90 Å². The zero-order valence-electron chi connectivity index (χ0n) is 11.6. The van der Waals surface area contributed by atoms with Crippen LogP contribution in [0.15, 0.2) is 48.9 Å². The maximum Gasteiger partial charge on any atom is 0.264 e. The lowest BCUT2D eigenvalue weighted by atomic mass is 10.1. The summed E-state index contributed by atoms with van der Waals surface area (Å²) in [4.78, 5) is 19.0. The molecule has 0 aliphatic carbocycles. The van der Waals surface area contributed by atoms with Gasteiger partial charge in [-0.3, -0.25) is 4.79 Å². The number of anilines is 1. The molecule has 4 rings (SSSR count). The van der Waals surface area contributed by atoms with Gasteiger partial charge in [0.25, 0.3) is 5.91 Å². The molecule has 1 aliphatic heterocycles. The Labute approximate surface area is 121 Å². The summed E-state index contributed by atoms with van der Waals surface area (Å²) < 4.78 is 1.62. The minimum Gasteiger partial charge on any atom is -0.305 e. The van der Waals surface area contributed by atoms with Crippen LogP contribution in [-0.2, 0) is 6.42 Å². The zero-order valence-corrected chi connectivity index (χ0v) is 11.6. The number of benzene rings is 1. The summed E-state index contributed by atoms with van der Waals surface area (Å²) in [6.07, 6.45) is 5.95. The van der Waals surface area contributed by atoms with Crippen molar-refractivity contribution in [3.63, 3.8) is 0 Å². The number of para-hydroxylation sites is 1. The fraction of sp³-hybridized carbons (Fsp3) is 0.188. The van der Waals surface area contributed by atoms with Gasteiger partial charge in [0.05, 0.1) is 6.20 Å². The van der Waals surface area contributed by atoms with Crippen molar-refractivity contribution in [2.45, 2.75) is 19.4 Å². The van der Waals surface area contributed by atoms with Gasteiger partial charge in [0.1, 0.15) is 5.56 Å². The first-order valence-corrected chi connectivity index (χ1v) is 6.95. The van der Waals surface area contributed by atoms with Crippen LogP contribution in [0.1, 0.15) is 22.8 Å². The number of amides is 1. The van der Waals surface area contributed by atoms with Gasteiger partial charge >= 0.3 is 0 Å². The molecular formula is C16H14N4O. The summed E-state index contributed by atoms with van der Waals surface area (Å²) in [5, 5.41) is 4.20. The van der Waals surface area contributed by atoms with E-state index in [0.717, 1.165) is 12.1 Å². The van der Waals surface area contributed by atoms with E-state index >= 15 is 0 Å². The van der Waals surface area contributed by atoms with Gasteiger partial charge in [-0.1, -0.05) is 18.2 Å². The third-order valence-corrected chi connectivity index (χ3v) is 3.94. The molecule has 0 N–H and O–H groups in total. The van der Waals surface area contributed by atoms with Crippen molar-refractivity contribution < 1.29 is 4.79 Å². The summed E-state index contributed by atoms with van der Waals surface area (Å²) >= 11 is 0. The molecule has 0 radical (unpaired) electrons. The van der Waals surface area contributed by atoms with Gasteiger partial charge in [-0.2, -0.15) is 5.10 Å². The molecule has 0 spiro atoms. The average molecular weight is 278 g/mol. The fourth-order valence-electron chi connectivity index (χ4n) is 2.98. The average Bonchev–Trinajstić information content (AvgIpc) is 3.06. The summed E-state index contributed by atoms with van der Waals surface area (Å²) in [6, 6.07) is 9.99. The largest absolute Gasteiger partial charge is 0.305 e. The molecule has 1 aliphatic rings. The van der Waals surface area contributed by atoms with E-state index in [1.165, 1.54) is 5.56 Å². The maximum atomic E-state index is 12.9.